The molecule has 0 saturated carbocycles. The third-order valence-electron chi connectivity index (χ3n) is 4.79. The number of H-pyrrole nitrogens is 1. The van der Waals surface area contributed by atoms with Crippen LogP contribution in [0.1, 0.15) is 25.3 Å². The van der Waals surface area contributed by atoms with Gasteiger partial charge in [-0.1, -0.05) is 12.1 Å². The largest absolute Gasteiger partial charge is 0.277 e. The summed E-state index contributed by atoms with van der Waals surface area (Å²) in [7, 11) is 0. The molecule has 0 aliphatic carbocycles. The van der Waals surface area contributed by atoms with E-state index < -0.39 is 5.92 Å². The van der Waals surface area contributed by atoms with Crippen LogP contribution in [-0.4, -0.2) is 15.9 Å². The summed E-state index contributed by atoms with van der Waals surface area (Å²) in [4.78, 5) is 5.49. The Labute approximate surface area is 154 Å². The zero-order valence-electron chi connectivity index (χ0n) is 14.3. The molecule has 4 rings (SSSR count). The second-order valence-corrected chi connectivity index (χ2v) is 7.25. The molecule has 0 radical (unpaired) electrons. The number of benzene rings is 1. The van der Waals surface area contributed by atoms with E-state index in [1.54, 1.807) is 11.3 Å². The van der Waals surface area contributed by atoms with Gasteiger partial charge in [-0.2, -0.15) is 15.6 Å². The first-order valence-electron chi connectivity index (χ1n) is 8.21. The van der Waals surface area contributed by atoms with Crippen LogP contribution < -0.4 is 0 Å². The SMILES string of the molecule is CC1=NC(C)=C(C#N)C(c2ccc3[nH]nc(-c4cccs4)c3c2)C1C#N. The van der Waals surface area contributed by atoms with E-state index in [9.17, 15) is 10.5 Å². The molecular weight excluding hydrogens is 342 g/mol. The maximum absolute atomic E-state index is 9.69. The van der Waals surface area contributed by atoms with Crippen LogP contribution in [0.4, 0.5) is 0 Å². The first-order chi connectivity index (χ1) is 12.6. The van der Waals surface area contributed by atoms with Gasteiger partial charge in [0.25, 0.3) is 0 Å². The molecular formula is C20H15N5S. The lowest BCUT2D eigenvalue weighted by molar-refractivity contribution is 0.704. The Morgan fingerprint density at radius 3 is 2.73 bits per heavy atom. The standard InChI is InChI=1S/C20H15N5S/c1-11-15(9-21)19(16(10-22)12(2)23-11)13-5-6-17-14(8-13)20(25-24-17)18-4-3-7-26-18/h3-8,15,19H,1-2H3,(H,24,25). The van der Waals surface area contributed by atoms with Crippen LogP contribution >= 0.6 is 11.3 Å². The normalized spacial score (nSPS) is 19.9. The van der Waals surface area contributed by atoms with Gasteiger partial charge >= 0.3 is 0 Å². The van der Waals surface area contributed by atoms with Crippen molar-refractivity contribution in [1.29, 1.82) is 10.5 Å². The minimum Gasteiger partial charge on any atom is -0.277 e. The predicted molar refractivity (Wildman–Crippen MR) is 103 cm³/mol. The molecule has 0 spiro atoms. The number of hydrogen-bond donors (Lipinski definition) is 1. The summed E-state index contributed by atoms with van der Waals surface area (Å²) in [5.41, 5.74) is 4.76. The number of aromatic amines is 1. The minimum absolute atomic E-state index is 0.307. The molecule has 3 heterocycles. The van der Waals surface area contributed by atoms with Crippen LogP contribution in [0.2, 0.25) is 0 Å². The molecule has 1 aliphatic heterocycles. The molecule has 0 bridgehead atoms. The van der Waals surface area contributed by atoms with Crippen molar-refractivity contribution >= 4 is 28.0 Å². The molecule has 1 N–H and O–H groups in total. The van der Waals surface area contributed by atoms with E-state index in [0.717, 1.165) is 32.7 Å². The molecule has 126 valence electrons. The second kappa shape index (κ2) is 6.25. The van der Waals surface area contributed by atoms with E-state index in [4.69, 9.17) is 0 Å². The third kappa shape index (κ3) is 2.44. The molecule has 1 aromatic carbocycles. The van der Waals surface area contributed by atoms with E-state index >= 15 is 0 Å². The third-order valence-corrected chi connectivity index (χ3v) is 5.66. The molecule has 6 heteroatoms. The molecule has 0 fully saturated rings. The van der Waals surface area contributed by atoms with Crippen molar-refractivity contribution in [1.82, 2.24) is 10.2 Å². The second-order valence-electron chi connectivity index (χ2n) is 6.30. The summed E-state index contributed by atoms with van der Waals surface area (Å²) in [6.07, 6.45) is 0. The lowest BCUT2D eigenvalue weighted by Gasteiger charge is -2.26. The van der Waals surface area contributed by atoms with Crippen LogP contribution in [0, 0.1) is 28.6 Å². The van der Waals surface area contributed by atoms with Crippen molar-refractivity contribution in [3.8, 4) is 22.7 Å². The lowest BCUT2D eigenvalue weighted by Crippen LogP contribution is -2.24. The van der Waals surface area contributed by atoms with Gasteiger partial charge in [-0.25, -0.2) is 0 Å². The summed E-state index contributed by atoms with van der Waals surface area (Å²) in [6, 6.07) is 14.6. The van der Waals surface area contributed by atoms with Crippen molar-refractivity contribution in [2.75, 3.05) is 0 Å². The van der Waals surface area contributed by atoms with Gasteiger partial charge in [0.05, 0.1) is 39.7 Å². The van der Waals surface area contributed by atoms with Crippen molar-refractivity contribution in [2.45, 2.75) is 19.8 Å². The summed E-state index contributed by atoms with van der Waals surface area (Å²) in [5, 5.41) is 29.9. The van der Waals surface area contributed by atoms with Gasteiger partial charge in [-0.3, -0.25) is 10.1 Å². The quantitative estimate of drug-likeness (QED) is 0.715. The van der Waals surface area contributed by atoms with Crippen LogP contribution in [0.25, 0.3) is 21.5 Å². The molecule has 2 unspecified atom stereocenters. The lowest BCUT2D eigenvalue weighted by atomic mass is 9.76. The number of aromatic nitrogens is 2. The van der Waals surface area contributed by atoms with Crippen molar-refractivity contribution in [3.63, 3.8) is 0 Å². The number of nitriles is 2. The van der Waals surface area contributed by atoms with Crippen LogP contribution in [0.3, 0.4) is 0 Å². The van der Waals surface area contributed by atoms with Gasteiger partial charge in [0.1, 0.15) is 5.69 Å². The van der Waals surface area contributed by atoms with Crippen molar-refractivity contribution in [3.05, 3.63) is 52.5 Å². The Bertz CT molecular complexity index is 1140. The monoisotopic (exact) mass is 357 g/mol. The Hall–Kier alpha value is -3.22. The maximum Gasteiger partial charge on any atom is 0.110 e. The van der Waals surface area contributed by atoms with Gasteiger partial charge in [0.15, 0.2) is 0 Å². The summed E-state index contributed by atoms with van der Waals surface area (Å²) >= 11 is 1.63. The van der Waals surface area contributed by atoms with Gasteiger partial charge in [-0.15, -0.1) is 11.3 Å². The molecule has 26 heavy (non-hydrogen) atoms. The van der Waals surface area contributed by atoms with Crippen LogP contribution in [-0.2, 0) is 0 Å². The Balaban J connectivity index is 1.91. The topological polar surface area (TPSA) is 88.6 Å². The number of hydrogen-bond acceptors (Lipinski definition) is 5. The highest BCUT2D eigenvalue weighted by Gasteiger charge is 2.34. The van der Waals surface area contributed by atoms with Crippen molar-refractivity contribution in [2.24, 2.45) is 10.9 Å². The molecule has 0 amide bonds. The van der Waals surface area contributed by atoms with E-state index in [2.05, 4.69) is 27.3 Å². The molecule has 2 atom stereocenters. The molecule has 2 aromatic heterocycles. The average molecular weight is 357 g/mol. The number of nitrogens with zero attached hydrogens (tertiary/aromatic N) is 4. The van der Waals surface area contributed by atoms with E-state index in [0.29, 0.717) is 11.3 Å². The fraction of sp³-hybridized carbons (Fsp3) is 0.200. The number of aliphatic imine (C=N–C) groups is 1. The van der Waals surface area contributed by atoms with Crippen molar-refractivity contribution < 1.29 is 0 Å². The number of fused-ring (bicyclic) bond motifs is 1. The Kier molecular flexibility index (Phi) is 3.91. The minimum atomic E-state index is -0.442. The molecule has 1 aliphatic rings. The van der Waals surface area contributed by atoms with E-state index in [-0.39, 0.29) is 5.92 Å². The molecule has 0 saturated heterocycles. The Morgan fingerprint density at radius 1 is 1.19 bits per heavy atom. The smallest absolute Gasteiger partial charge is 0.110 e. The molecule has 5 nitrogen and oxygen atoms in total. The number of thiophene rings is 1. The van der Waals surface area contributed by atoms with Gasteiger partial charge < -0.3 is 0 Å². The molecule has 3 aromatic rings. The fourth-order valence-electron chi connectivity index (χ4n) is 3.53. The highest BCUT2D eigenvalue weighted by molar-refractivity contribution is 7.13. The first-order valence-corrected chi connectivity index (χ1v) is 9.09. The van der Waals surface area contributed by atoms with E-state index in [1.165, 1.54) is 0 Å². The average Bonchev–Trinajstić information content (AvgIpc) is 3.29. The van der Waals surface area contributed by atoms with Crippen LogP contribution in [0.15, 0.2) is 52.0 Å². The van der Waals surface area contributed by atoms with Gasteiger partial charge in [-0.05, 0) is 43.0 Å². The van der Waals surface area contributed by atoms with E-state index in [1.807, 2.05) is 49.6 Å². The zero-order valence-corrected chi connectivity index (χ0v) is 15.1. The van der Waals surface area contributed by atoms with Gasteiger partial charge in [0.2, 0.25) is 0 Å². The van der Waals surface area contributed by atoms with Crippen LogP contribution in [0.5, 0.6) is 0 Å². The number of allylic oxidation sites excluding steroid dienone is 2. The highest BCUT2D eigenvalue weighted by Crippen LogP contribution is 2.40. The number of nitrogens with one attached hydrogen (secondary N) is 1. The predicted octanol–water partition coefficient (Wildman–Crippen LogP) is 4.79. The highest BCUT2D eigenvalue weighted by atomic mass is 32.1. The zero-order chi connectivity index (χ0) is 18.3. The summed E-state index contributed by atoms with van der Waals surface area (Å²) < 4.78 is 0. The van der Waals surface area contributed by atoms with Gasteiger partial charge in [0, 0.05) is 17.0 Å². The summed E-state index contributed by atoms with van der Waals surface area (Å²) in [5.74, 6) is -0.749. The maximum atomic E-state index is 9.69. The summed E-state index contributed by atoms with van der Waals surface area (Å²) in [6.45, 7) is 3.68. The Morgan fingerprint density at radius 2 is 2.04 bits per heavy atom. The number of rotatable bonds is 2. The fourth-order valence-corrected chi connectivity index (χ4v) is 4.26. The first kappa shape index (κ1) is 16.3.